The van der Waals surface area contributed by atoms with Gasteiger partial charge in [-0.25, -0.2) is 9.97 Å². The van der Waals surface area contributed by atoms with Crippen LogP contribution in [0.25, 0.3) is 0 Å². The second kappa shape index (κ2) is 7.62. The third kappa shape index (κ3) is 4.34. The molecule has 1 aliphatic rings. The molecule has 2 aromatic rings. The van der Waals surface area contributed by atoms with Gasteiger partial charge in [-0.05, 0) is 30.7 Å². The standard InChI is InChI=1S/C16H14ClN5O2S/c1-9-10(17)4-2-5-11(9)20-13(23)8-12-14(24)21-16(25-12)22-15-18-6-3-7-19-15/h2-7,12H,8H2,1H3,(H,20,23)(H,18,19,21,22,24). The highest BCUT2D eigenvalue weighted by atomic mass is 35.5. The number of hydrogen-bond acceptors (Lipinski definition) is 6. The van der Waals surface area contributed by atoms with Crippen molar-refractivity contribution in [3.63, 3.8) is 0 Å². The number of aromatic nitrogens is 2. The number of benzene rings is 1. The maximum atomic E-state index is 12.2. The van der Waals surface area contributed by atoms with E-state index in [0.29, 0.717) is 15.9 Å². The minimum absolute atomic E-state index is 0.0249. The molecule has 2 N–H and O–H groups in total. The van der Waals surface area contributed by atoms with Crippen molar-refractivity contribution in [2.45, 2.75) is 18.6 Å². The number of rotatable bonds is 4. The van der Waals surface area contributed by atoms with Crippen LogP contribution in [0.1, 0.15) is 12.0 Å². The van der Waals surface area contributed by atoms with Crippen molar-refractivity contribution >= 4 is 52.0 Å². The number of nitrogens with zero attached hydrogens (tertiary/aromatic N) is 3. The molecule has 1 aromatic heterocycles. The minimum atomic E-state index is -0.554. The van der Waals surface area contributed by atoms with Gasteiger partial charge >= 0.3 is 0 Å². The third-order valence-corrected chi connectivity index (χ3v) is 4.93. The molecule has 25 heavy (non-hydrogen) atoms. The predicted molar refractivity (Wildman–Crippen MR) is 98.1 cm³/mol. The van der Waals surface area contributed by atoms with Gasteiger partial charge in [0.1, 0.15) is 5.25 Å². The smallest absolute Gasteiger partial charge is 0.251 e. The van der Waals surface area contributed by atoms with Gasteiger partial charge in [0.15, 0.2) is 5.17 Å². The first-order valence-electron chi connectivity index (χ1n) is 7.41. The molecule has 0 saturated carbocycles. The Bertz CT molecular complexity index is 844. The lowest BCUT2D eigenvalue weighted by atomic mass is 10.2. The van der Waals surface area contributed by atoms with E-state index < -0.39 is 5.25 Å². The number of nitrogens with one attached hydrogen (secondary N) is 2. The van der Waals surface area contributed by atoms with Gasteiger partial charge in [-0.1, -0.05) is 29.4 Å². The van der Waals surface area contributed by atoms with Crippen LogP contribution in [0.5, 0.6) is 0 Å². The van der Waals surface area contributed by atoms with E-state index in [1.807, 2.05) is 6.92 Å². The third-order valence-electron chi connectivity index (χ3n) is 3.44. The summed E-state index contributed by atoms with van der Waals surface area (Å²) in [5.41, 5.74) is 1.41. The summed E-state index contributed by atoms with van der Waals surface area (Å²) in [4.78, 5) is 36.4. The van der Waals surface area contributed by atoms with Gasteiger partial charge in [-0.15, -0.1) is 0 Å². The predicted octanol–water partition coefficient (Wildman–Crippen LogP) is 2.69. The Kier molecular flexibility index (Phi) is 5.30. The van der Waals surface area contributed by atoms with Gasteiger partial charge in [-0.2, -0.15) is 4.99 Å². The number of carbonyl (C=O) groups is 2. The van der Waals surface area contributed by atoms with Gasteiger partial charge in [0, 0.05) is 29.5 Å². The van der Waals surface area contributed by atoms with Gasteiger partial charge < -0.3 is 10.6 Å². The highest BCUT2D eigenvalue weighted by Crippen LogP contribution is 2.26. The van der Waals surface area contributed by atoms with E-state index in [1.54, 1.807) is 36.7 Å². The Morgan fingerprint density at radius 2 is 2.12 bits per heavy atom. The van der Waals surface area contributed by atoms with Crippen LogP contribution in [0.4, 0.5) is 11.6 Å². The lowest BCUT2D eigenvalue weighted by Gasteiger charge is -2.10. The van der Waals surface area contributed by atoms with E-state index in [2.05, 4.69) is 25.6 Å². The molecular formula is C16H14ClN5O2S. The summed E-state index contributed by atoms with van der Waals surface area (Å²) in [7, 11) is 0. The Hall–Kier alpha value is -2.45. The molecule has 1 aromatic carbocycles. The Labute approximate surface area is 153 Å². The SMILES string of the molecule is Cc1c(Cl)cccc1NC(=O)CC1S/C(=N\c2ncccn2)NC1=O. The van der Waals surface area contributed by atoms with E-state index in [-0.39, 0.29) is 24.2 Å². The molecule has 1 aliphatic heterocycles. The number of amides is 2. The molecule has 1 unspecified atom stereocenters. The largest absolute Gasteiger partial charge is 0.326 e. The zero-order chi connectivity index (χ0) is 17.8. The monoisotopic (exact) mass is 375 g/mol. The van der Waals surface area contributed by atoms with Crippen LogP contribution in [0, 0.1) is 6.92 Å². The van der Waals surface area contributed by atoms with Crippen molar-refractivity contribution < 1.29 is 9.59 Å². The van der Waals surface area contributed by atoms with Crippen LogP contribution in [0.15, 0.2) is 41.7 Å². The number of amidine groups is 1. The quantitative estimate of drug-likeness (QED) is 0.856. The minimum Gasteiger partial charge on any atom is -0.326 e. The molecule has 1 fully saturated rings. The Balaban J connectivity index is 1.63. The summed E-state index contributed by atoms with van der Waals surface area (Å²) < 4.78 is 0. The zero-order valence-corrected chi connectivity index (χ0v) is 14.8. The van der Waals surface area contributed by atoms with Crippen molar-refractivity contribution in [2.75, 3.05) is 5.32 Å². The van der Waals surface area contributed by atoms with Crippen molar-refractivity contribution in [3.05, 3.63) is 47.2 Å². The summed E-state index contributed by atoms with van der Waals surface area (Å²) >= 11 is 7.22. The molecule has 9 heteroatoms. The molecule has 7 nitrogen and oxygen atoms in total. The average Bonchev–Trinajstić information content (AvgIpc) is 2.92. The van der Waals surface area contributed by atoms with Gasteiger partial charge in [0.25, 0.3) is 5.95 Å². The fraction of sp³-hybridized carbons (Fsp3) is 0.188. The Morgan fingerprint density at radius 3 is 2.88 bits per heavy atom. The van der Waals surface area contributed by atoms with Crippen LogP contribution < -0.4 is 10.6 Å². The molecule has 0 radical (unpaired) electrons. The first-order valence-corrected chi connectivity index (χ1v) is 8.67. The van der Waals surface area contributed by atoms with Gasteiger partial charge in [0.05, 0.1) is 0 Å². The highest BCUT2D eigenvalue weighted by Gasteiger charge is 2.32. The van der Waals surface area contributed by atoms with Crippen molar-refractivity contribution in [1.29, 1.82) is 0 Å². The van der Waals surface area contributed by atoms with Gasteiger partial charge in [-0.3, -0.25) is 9.59 Å². The number of anilines is 1. The molecular weight excluding hydrogens is 362 g/mol. The van der Waals surface area contributed by atoms with Crippen molar-refractivity contribution in [3.8, 4) is 0 Å². The average molecular weight is 376 g/mol. The molecule has 1 saturated heterocycles. The maximum absolute atomic E-state index is 12.2. The number of carbonyl (C=O) groups excluding carboxylic acids is 2. The first kappa shape index (κ1) is 17.4. The summed E-state index contributed by atoms with van der Waals surface area (Å²) in [6.45, 7) is 1.82. The van der Waals surface area contributed by atoms with Crippen LogP contribution >= 0.6 is 23.4 Å². The van der Waals surface area contributed by atoms with Crippen LogP contribution in [0.3, 0.4) is 0 Å². The fourth-order valence-electron chi connectivity index (χ4n) is 2.14. The molecule has 2 heterocycles. The number of hydrogen-bond donors (Lipinski definition) is 2. The van der Waals surface area contributed by atoms with Gasteiger partial charge in [0.2, 0.25) is 11.8 Å². The molecule has 128 valence electrons. The van der Waals surface area contributed by atoms with E-state index in [1.165, 1.54) is 11.8 Å². The van der Waals surface area contributed by atoms with E-state index >= 15 is 0 Å². The van der Waals surface area contributed by atoms with E-state index in [9.17, 15) is 9.59 Å². The summed E-state index contributed by atoms with van der Waals surface area (Å²) in [6, 6.07) is 6.95. The zero-order valence-electron chi connectivity index (χ0n) is 13.2. The van der Waals surface area contributed by atoms with E-state index in [4.69, 9.17) is 11.6 Å². The highest BCUT2D eigenvalue weighted by molar-refractivity contribution is 8.15. The number of thioether (sulfide) groups is 1. The molecule has 0 aliphatic carbocycles. The van der Waals surface area contributed by atoms with Crippen molar-refractivity contribution in [1.82, 2.24) is 15.3 Å². The van der Waals surface area contributed by atoms with Crippen LogP contribution in [0.2, 0.25) is 5.02 Å². The Morgan fingerprint density at radius 1 is 1.36 bits per heavy atom. The topological polar surface area (TPSA) is 96.3 Å². The fourth-order valence-corrected chi connectivity index (χ4v) is 3.28. The summed E-state index contributed by atoms with van der Waals surface area (Å²) in [5.74, 6) is -0.280. The lowest BCUT2D eigenvalue weighted by molar-refractivity contribution is -0.122. The lowest BCUT2D eigenvalue weighted by Crippen LogP contribution is -2.28. The van der Waals surface area contributed by atoms with E-state index in [0.717, 1.165) is 5.56 Å². The maximum Gasteiger partial charge on any atom is 0.251 e. The second-order valence-corrected chi connectivity index (χ2v) is 6.82. The summed E-state index contributed by atoms with van der Waals surface area (Å²) in [5, 5.41) is 5.82. The first-order chi connectivity index (χ1) is 12.0. The molecule has 1 atom stereocenters. The number of aliphatic imine (C=N–C) groups is 1. The van der Waals surface area contributed by atoms with Crippen LogP contribution in [-0.4, -0.2) is 32.2 Å². The molecule has 0 bridgehead atoms. The normalized spacial score (nSPS) is 18.2. The second-order valence-electron chi connectivity index (χ2n) is 5.23. The van der Waals surface area contributed by atoms with Crippen molar-refractivity contribution in [2.24, 2.45) is 4.99 Å². The molecule has 3 rings (SSSR count). The summed E-state index contributed by atoms with van der Waals surface area (Å²) in [6.07, 6.45) is 3.15. The molecule has 0 spiro atoms. The van der Waals surface area contributed by atoms with Crippen LogP contribution in [-0.2, 0) is 9.59 Å². The number of halogens is 1. The molecule has 2 amide bonds.